The SMILES string of the molecule is CCOc1cc([C@@H]2NC(=O)NC(C)=C2C(=O)OC)ccc1OC[C@H](O)N/N=C\c1cc(Br)c(OCC(=O)O)c(Br)c1. The van der Waals surface area contributed by atoms with Crippen molar-refractivity contribution in [1.82, 2.24) is 16.1 Å². The van der Waals surface area contributed by atoms with Gasteiger partial charge in [-0.15, -0.1) is 0 Å². The molecule has 2 atom stereocenters. The summed E-state index contributed by atoms with van der Waals surface area (Å²) in [5.41, 5.74) is 4.37. The second-order valence-electron chi connectivity index (χ2n) is 8.41. The molecule has 0 spiro atoms. The number of carbonyl (C=O) groups is 3. The average Bonchev–Trinajstić information content (AvgIpc) is 2.91. The predicted octanol–water partition coefficient (Wildman–Crippen LogP) is 3.20. The molecule has 41 heavy (non-hydrogen) atoms. The van der Waals surface area contributed by atoms with Gasteiger partial charge < -0.3 is 39.8 Å². The Bertz CT molecular complexity index is 1340. The Labute approximate surface area is 252 Å². The van der Waals surface area contributed by atoms with E-state index in [2.05, 4.69) is 53.0 Å². The van der Waals surface area contributed by atoms with E-state index in [0.717, 1.165) is 0 Å². The molecule has 1 heterocycles. The number of aliphatic hydroxyl groups is 1. The zero-order valence-electron chi connectivity index (χ0n) is 22.2. The molecule has 0 radical (unpaired) electrons. The van der Waals surface area contributed by atoms with Crippen molar-refractivity contribution in [2.24, 2.45) is 5.10 Å². The lowest BCUT2D eigenvalue weighted by molar-refractivity contribution is -0.139. The predicted molar refractivity (Wildman–Crippen MR) is 154 cm³/mol. The summed E-state index contributed by atoms with van der Waals surface area (Å²) in [4.78, 5) is 35.2. The van der Waals surface area contributed by atoms with E-state index in [-0.39, 0.29) is 12.2 Å². The highest BCUT2D eigenvalue weighted by Gasteiger charge is 2.32. The fourth-order valence-corrected chi connectivity index (χ4v) is 5.20. The van der Waals surface area contributed by atoms with Crippen LogP contribution in [0.4, 0.5) is 4.79 Å². The first-order chi connectivity index (χ1) is 19.5. The van der Waals surface area contributed by atoms with Crippen molar-refractivity contribution in [3.63, 3.8) is 0 Å². The number of halogens is 2. The van der Waals surface area contributed by atoms with Gasteiger partial charge in [0.05, 0.1) is 40.5 Å². The number of hydrazone groups is 1. The Morgan fingerprint density at radius 3 is 2.49 bits per heavy atom. The van der Waals surface area contributed by atoms with Gasteiger partial charge in [0.25, 0.3) is 0 Å². The zero-order valence-corrected chi connectivity index (χ0v) is 25.4. The maximum absolute atomic E-state index is 12.4. The van der Waals surface area contributed by atoms with Gasteiger partial charge in [-0.05, 0) is 81.1 Å². The van der Waals surface area contributed by atoms with Gasteiger partial charge in [0.2, 0.25) is 0 Å². The molecule has 1 aliphatic rings. The highest BCUT2D eigenvalue weighted by atomic mass is 79.9. The minimum atomic E-state index is -1.19. The Morgan fingerprint density at radius 2 is 1.85 bits per heavy atom. The fourth-order valence-electron chi connectivity index (χ4n) is 3.75. The molecule has 2 aromatic rings. The number of ether oxygens (including phenoxy) is 4. The normalized spacial score (nSPS) is 15.6. The minimum Gasteiger partial charge on any atom is -0.490 e. The van der Waals surface area contributed by atoms with Crippen LogP contribution in [-0.2, 0) is 14.3 Å². The number of benzene rings is 2. The number of nitrogens with one attached hydrogen (secondary N) is 3. The number of carboxylic acids is 1. The molecule has 5 N–H and O–H groups in total. The Kier molecular flexibility index (Phi) is 11.4. The maximum Gasteiger partial charge on any atom is 0.341 e. The standard InChI is InChI=1S/C26H28Br2N4O9/c1-4-39-19-9-15(23-22(25(36)38-3)13(2)30-26(37)31-23)5-6-18(19)40-11-20(33)32-29-10-14-7-16(27)24(17(28)8-14)41-12-21(34)35/h5-10,20,23,32-33H,4,11-12H2,1-3H3,(H,34,35)(H2,30,31,37)/b29-10-/t20-,23-/m0/s1. The number of hydrogen-bond donors (Lipinski definition) is 5. The average molecular weight is 700 g/mol. The lowest BCUT2D eigenvalue weighted by atomic mass is 9.95. The molecule has 0 aliphatic carbocycles. The van der Waals surface area contributed by atoms with Crippen molar-refractivity contribution in [1.29, 1.82) is 0 Å². The van der Waals surface area contributed by atoms with Gasteiger partial charge in [-0.1, -0.05) is 6.07 Å². The number of rotatable bonds is 13. The Balaban J connectivity index is 1.67. The molecule has 0 unspecified atom stereocenters. The van der Waals surface area contributed by atoms with Crippen molar-refractivity contribution in [3.8, 4) is 17.2 Å². The third kappa shape index (κ3) is 8.58. The van der Waals surface area contributed by atoms with Crippen molar-refractivity contribution in [2.45, 2.75) is 26.1 Å². The number of carbonyl (C=O) groups excluding carboxylic acids is 2. The summed E-state index contributed by atoms with van der Waals surface area (Å²) >= 11 is 6.66. The van der Waals surface area contributed by atoms with Gasteiger partial charge >= 0.3 is 18.0 Å². The zero-order chi connectivity index (χ0) is 30.1. The van der Waals surface area contributed by atoms with Crippen LogP contribution in [0.1, 0.15) is 31.0 Å². The van der Waals surface area contributed by atoms with Crippen LogP contribution in [0.3, 0.4) is 0 Å². The second-order valence-corrected chi connectivity index (χ2v) is 10.1. The molecule has 0 saturated carbocycles. The van der Waals surface area contributed by atoms with E-state index in [1.165, 1.54) is 13.3 Å². The van der Waals surface area contributed by atoms with E-state index in [9.17, 15) is 19.5 Å². The maximum atomic E-state index is 12.4. The summed E-state index contributed by atoms with van der Waals surface area (Å²) in [6.45, 7) is 3.03. The molecule has 15 heteroatoms. The third-order valence-corrected chi connectivity index (χ3v) is 6.65. The molecular weight excluding hydrogens is 672 g/mol. The number of allylic oxidation sites excluding steroid dienone is 1. The summed E-state index contributed by atoms with van der Waals surface area (Å²) in [6, 6.07) is 7.01. The summed E-state index contributed by atoms with van der Waals surface area (Å²) in [5, 5.41) is 28.4. The molecule has 1 aliphatic heterocycles. The molecule has 0 aromatic heterocycles. The van der Waals surface area contributed by atoms with Crippen molar-refractivity contribution >= 4 is 56.0 Å². The first-order valence-electron chi connectivity index (χ1n) is 12.1. The summed E-state index contributed by atoms with van der Waals surface area (Å²) in [5.74, 6) is -0.692. The number of methoxy groups -OCH3 is 1. The van der Waals surface area contributed by atoms with Crippen LogP contribution in [0.25, 0.3) is 0 Å². The van der Waals surface area contributed by atoms with E-state index in [4.69, 9.17) is 24.1 Å². The molecule has 2 amide bonds. The van der Waals surface area contributed by atoms with Crippen LogP contribution in [0, 0.1) is 0 Å². The van der Waals surface area contributed by atoms with Crippen molar-refractivity contribution < 1.29 is 43.5 Å². The highest BCUT2D eigenvalue weighted by molar-refractivity contribution is 9.11. The summed E-state index contributed by atoms with van der Waals surface area (Å²) in [7, 11) is 1.26. The van der Waals surface area contributed by atoms with Gasteiger partial charge in [0.1, 0.15) is 12.4 Å². The lowest BCUT2D eigenvalue weighted by Gasteiger charge is -2.28. The first kappa shape index (κ1) is 31.7. The topological polar surface area (TPSA) is 177 Å². The Morgan fingerprint density at radius 1 is 1.15 bits per heavy atom. The van der Waals surface area contributed by atoms with Gasteiger partial charge in [-0.2, -0.15) is 5.10 Å². The molecule has 13 nitrogen and oxygen atoms in total. The molecule has 220 valence electrons. The smallest absolute Gasteiger partial charge is 0.341 e. The van der Waals surface area contributed by atoms with E-state index in [1.54, 1.807) is 44.2 Å². The molecule has 0 bridgehead atoms. The first-order valence-corrected chi connectivity index (χ1v) is 13.7. The van der Waals surface area contributed by atoms with Gasteiger partial charge in [-0.3, -0.25) is 5.43 Å². The second kappa shape index (κ2) is 14.7. The van der Waals surface area contributed by atoms with E-state index in [0.29, 0.717) is 49.6 Å². The van der Waals surface area contributed by atoms with E-state index >= 15 is 0 Å². The fraction of sp³-hybridized carbons (Fsp3) is 0.308. The minimum absolute atomic E-state index is 0.192. The van der Waals surface area contributed by atoms with Gasteiger partial charge in [0.15, 0.2) is 24.3 Å². The van der Waals surface area contributed by atoms with Crippen molar-refractivity contribution in [3.05, 3.63) is 61.7 Å². The lowest BCUT2D eigenvalue weighted by Crippen LogP contribution is -2.45. The highest BCUT2D eigenvalue weighted by Crippen LogP contribution is 2.36. The van der Waals surface area contributed by atoms with Crippen LogP contribution in [0.2, 0.25) is 0 Å². The molecular formula is C26H28Br2N4O9. The number of nitrogens with zero attached hydrogens (tertiary/aromatic N) is 1. The summed E-state index contributed by atoms with van der Waals surface area (Å²) in [6.07, 6.45) is 0.257. The van der Waals surface area contributed by atoms with Crippen LogP contribution in [-0.4, -0.2) is 67.6 Å². The largest absolute Gasteiger partial charge is 0.490 e. The number of aliphatic carboxylic acids is 1. The number of hydrogen-bond acceptors (Lipinski definition) is 10. The van der Waals surface area contributed by atoms with Gasteiger partial charge in [-0.25, -0.2) is 14.4 Å². The van der Waals surface area contributed by atoms with Gasteiger partial charge in [0, 0.05) is 5.70 Å². The van der Waals surface area contributed by atoms with Crippen LogP contribution >= 0.6 is 31.9 Å². The monoisotopic (exact) mass is 698 g/mol. The Hall–Kier alpha value is -3.82. The molecule has 3 rings (SSSR count). The van der Waals surface area contributed by atoms with Crippen LogP contribution in [0.15, 0.2) is 55.6 Å². The molecule has 2 aromatic carbocycles. The van der Waals surface area contributed by atoms with Crippen LogP contribution < -0.4 is 30.3 Å². The third-order valence-electron chi connectivity index (χ3n) is 5.47. The number of esters is 1. The van der Waals surface area contributed by atoms with Crippen LogP contribution in [0.5, 0.6) is 17.2 Å². The number of aliphatic hydroxyl groups excluding tert-OH is 1. The molecule has 0 fully saturated rings. The summed E-state index contributed by atoms with van der Waals surface area (Å²) < 4.78 is 22.6. The van der Waals surface area contributed by atoms with E-state index in [1.807, 2.05) is 0 Å². The quantitative estimate of drug-likeness (QED) is 0.0903. The number of amides is 2. The number of urea groups is 1. The molecule has 0 saturated heterocycles. The van der Waals surface area contributed by atoms with Crippen molar-refractivity contribution in [2.75, 3.05) is 26.9 Å². The van der Waals surface area contributed by atoms with E-state index < -0.39 is 36.8 Å². The number of carboxylic acid groups (broad SMARTS) is 1.